The number of thioether (sulfide) groups is 1. The van der Waals surface area contributed by atoms with E-state index in [1.807, 2.05) is 38.4 Å². The zero-order valence-corrected chi connectivity index (χ0v) is 14.9. The maximum atomic E-state index is 6.00. The van der Waals surface area contributed by atoms with Crippen molar-refractivity contribution in [3.05, 3.63) is 35.1 Å². The topological polar surface area (TPSA) is 43.2 Å². The van der Waals surface area contributed by atoms with Crippen LogP contribution in [0.4, 0.5) is 0 Å². The molecule has 0 saturated heterocycles. The summed E-state index contributed by atoms with van der Waals surface area (Å²) < 4.78 is 7.20. The van der Waals surface area contributed by atoms with Crippen LogP contribution in [0.15, 0.2) is 29.4 Å². The number of halogens is 1. The Bertz CT molecular complexity index is 600. The van der Waals surface area contributed by atoms with Gasteiger partial charge in [0.15, 0.2) is 11.0 Å². The first-order valence-electron chi connectivity index (χ1n) is 7.04. The first-order chi connectivity index (χ1) is 10.5. The predicted molar refractivity (Wildman–Crippen MR) is 91.1 cm³/mol. The maximum Gasteiger partial charge on any atom is 0.195 e. The lowest BCUT2D eigenvalue weighted by atomic mass is 10.2. The van der Waals surface area contributed by atoms with Crippen molar-refractivity contribution >= 4 is 23.4 Å². The molecule has 0 aliphatic rings. The molecule has 7 heteroatoms. The summed E-state index contributed by atoms with van der Waals surface area (Å²) >= 11 is 7.63. The molecule has 0 aliphatic carbocycles. The molecular formula is C15H21ClN4OS. The predicted octanol–water partition coefficient (Wildman–Crippen LogP) is 3.28. The second kappa shape index (κ2) is 7.97. The molecule has 5 nitrogen and oxygen atoms in total. The number of hydrogen-bond donors (Lipinski definition) is 0. The Balaban J connectivity index is 2.40. The number of nitrogens with zero attached hydrogens (tertiary/aromatic N) is 4. The molecule has 1 heterocycles. The zero-order valence-electron chi connectivity index (χ0n) is 13.3. The van der Waals surface area contributed by atoms with Gasteiger partial charge in [0, 0.05) is 23.6 Å². The average molecular weight is 341 g/mol. The van der Waals surface area contributed by atoms with Gasteiger partial charge in [0.25, 0.3) is 0 Å². The minimum atomic E-state index is 0.153. The highest BCUT2D eigenvalue weighted by Gasteiger charge is 2.20. The van der Waals surface area contributed by atoms with Crippen LogP contribution >= 0.6 is 23.4 Å². The van der Waals surface area contributed by atoms with E-state index < -0.39 is 0 Å². The van der Waals surface area contributed by atoms with Gasteiger partial charge in [-0.2, -0.15) is 0 Å². The van der Waals surface area contributed by atoms with E-state index in [9.17, 15) is 0 Å². The van der Waals surface area contributed by atoms with Gasteiger partial charge < -0.3 is 4.74 Å². The molecular weight excluding hydrogens is 320 g/mol. The minimum absolute atomic E-state index is 0.153. The highest BCUT2D eigenvalue weighted by Crippen LogP contribution is 2.27. The quantitative estimate of drug-likeness (QED) is 0.571. The molecule has 0 aliphatic heterocycles. The van der Waals surface area contributed by atoms with Crippen molar-refractivity contribution in [2.45, 2.75) is 18.1 Å². The highest BCUT2D eigenvalue weighted by atomic mass is 35.5. The van der Waals surface area contributed by atoms with Gasteiger partial charge >= 0.3 is 0 Å². The van der Waals surface area contributed by atoms with Crippen LogP contribution in [0.5, 0.6) is 0 Å². The molecule has 0 saturated carbocycles. The number of methoxy groups -OCH3 is 1. The van der Waals surface area contributed by atoms with Crippen molar-refractivity contribution in [1.82, 2.24) is 19.7 Å². The zero-order chi connectivity index (χ0) is 16.1. The second-order valence-corrected chi connectivity index (χ2v) is 6.63. The Kier molecular flexibility index (Phi) is 6.26. The van der Waals surface area contributed by atoms with E-state index in [2.05, 4.69) is 26.6 Å². The summed E-state index contributed by atoms with van der Waals surface area (Å²) in [5.41, 5.74) is 1.01. The van der Waals surface area contributed by atoms with Gasteiger partial charge in [0.05, 0.1) is 12.6 Å². The molecule has 2 rings (SSSR count). The van der Waals surface area contributed by atoms with E-state index >= 15 is 0 Å². The smallest absolute Gasteiger partial charge is 0.195 e. The fourth-order valence-electron chi connectivity index (χ4n) is 1.93. The summed E-state index contributed by atoms with van der Waals surface area (Å²) in [7, 11) is 5.76. The average Bonchev–Trinajstić information content (AvgIpc) is 2.91. The number of hydrogen-bond acceptors (Lipinski definition) is 5. The molecule has 0 amide bonds. The Labute approximate surface area is 140 Å². The Morgan fingerprint density at radius 1 is 1.27 bits per heavy atom. The van der Waals surface area contributed by atoms with Crippen LogP contribution in [0, 0.1) is 0 Å². The van der Waals surface area contributed by atoms with E-state index in [1.165, 1.54) is 0 Å². The Morgan fingerprint density at radius 2 is 1.95 bits per heavy atom. The third kappa shape index (κ3) is 4.01. The molecule has 0 fully saturated rings. The van der Waals surface area contributed by atoms with Crippen LogP contribution in [0.25, 0.3) is 5.69 Å². The molecule has 0 radical (unpaired) electrons. The lowest BCUT2D eigenvalue weighted by Crippen LogP contribution is -2.20. The van der Waals surface area contributed by atoms with E-state index in [4.69, 9.17) is 16.3 Å². The normalized spacial score (nSPS) is 12.8. The van der Waals surface area contributed by atoms with Gasteiger partial charge in [0.2, 0.25) is 0 Å². The molecule has 1 aromatic heterocycles. The van der Waals surface area contributed by atoms with Crippen molar-refractivity contribution in [2.24, 2.45) is 0 Å². The van der Waals surface area contributed by atoms with Crippen LogP contribution < -0.4 is 0 Å². The standard InChI is InChI=1S/C15H21ClN4OS/c1-11(19(2)3)14-17-18-15(22-10-9-21-4)20(14)13-7-5-12(16)6-8-13/h5-8,11H,9-10H2,1-4H3. The number of ether oxygens (including phenoxy) is 1. The van der Waals surface area contributed by atoms with Gasteiger partial charge in [-0.1, -0.05) is 23.4 Å². The summed E-state index contributed by atoms with van der Waals surface area (Å²) in [6, 6.07) is 7.88. The molecule has 0 bridgehead atoms. The summed E-state index contributed by atoms with van der Waals surface area (Å²) in [4.78, 5) is 2.11. The van der Waals surface area contributed by atoms with Gasteiger partial charge in [-0.05, 0) is 45.3 Å². The third-order valence-electron chi connectivity index (χ3n) is 3.41. The van der Waals surface area contributed by atoms with Gasteiger partial charge in [-0.25, -0.2) is 0 Å². The SMILES string of the molecule is COCCSc1nnc(C(C)N(C)C)n1-c1ccc(Cl)cc1. The van der Waals surface area contributed by atoms with Crippen molar-refractivity contribution in [3.8, 4) is 5.69 Å². The number of aromatic nitrogens is 3. The van der Waals surface area contributed by atoms with Crippen LogP contribution in [0.2, 0.25) is 5.02 Å². The van der Waals surface area contributed by atoms with Gasteiger partial charge in [0.1, 0.15) is 0 Å². The van der Waals surface area contributed by atoms with Crippen LogP contribution in [0.3, 0.4) is 0 Å². The summed E-state index contributed by atoms with van der Waals surface area (Å²) in [6.45, 7) is 2.79. The molecule has 2 aromatic rings. The fraction of sp³-hybridized carbons (Fsp3) is 0.467. The second-order valence-electron chi connectivity index (χ2n) is 5.13. The maximum absolute atomic E-state index is 6.00. The summed E-state index contributed by atoms with van der Waals surface area (Å²) in [5, 5.41) is 10.3. The lowest BCUT2D eigenvalue weighted by Gasteiger charge is -2.20. The molecule has 120 valence electrons. The summed E-state index contributed by atoms with van der Waals surface area (Å²) in [5.74, 6) is 1.74. The van der Waals surface area contributed by atoms with E-state index in [-0.39, 0.29) is 6.04 Å². The van der Waals surface area contributed by atoms with E-state index in [0.717, 1.165) is 22.4 Å². The van der Waals surface area contributed by atoms with Crippen molar-refractivity contribution in [1.29, 1.82) is 0 Å². The number of benzene rings is 1. The Hall–Kier alpha value is -1.08. The minimum Gasteiger partial charge on any atom is -0.384 e. The van der Waals surface area contributed by atoms with E-state index in [0.29, 0.717) is 11.6 Å². The third-order valence-corrected chi connectivity index (χ3v) is 4.56. The number of rotatable bonds is 7. The first kappa shape index (κ1) is 17.3. The van der Waals surface area contributed by atoms with Gasteiger partial charge in [-0.15, -0.1) is 10.2 Å². The molecule has 0 spiro atoms. The summed E-state index contributed by atoms with van der Waals surface area (Å²) in [6.07, 6.45) is 0. The van der Waals surface area contributed by atoms with Gasteiger partial charge in [-0.3, -0.25) is 9.47 Å². The molecule has 1 unspecified atom stereocenters. The largest absolute Gasteiger partial charge is 0.384 e. The van der Waals surface area contributed by atoms with E-state index in [1.54, 1.807) is 18.9 Å². The van der Waals surface area contributed by atoms with Crippen molar-refractivity contribution in [2.75, 3.05) is 33.6 Å². The van der Waals surface area contributed by atoms with Crippen LogP contribution in [-0.4, -0.2) is 53.2 Å². The molecule has 22 heavy (non-hydrogen) atoms. The molecule has 1 atom stereocenters. The molecule has 1 aromatic carbocycles. The van der Waals surface area contributed by atoms with Crippen LogP contribution in [0.1, 0.15) is 18.8 Å². The first-order valence-corrected chi connectivity index (χ1v) is 8.40. The monoisotopic (exact) mass is 340 g/mol. The lowest BCUT2D eigenvalue weighted by molar-refractivity contribution is 0.218. The van der Waals surface area contributed by atoms with Crippen LogP contribution in [-0.2, 0) is 4.74 Å². The molecule has 0 N–H and O–H groups in total. The van der Waals surface area contributed by atoms with Crippen molar-refractivity contribution < 1.29 is 4.74 Å². The Morgan fingerprint density at radius 3 is 2.55 bits per heavy atom. The highest BCUT2D eigenvalue weighted by molar-refractivity contribution is 7.99. The van der Waals surface area contributed by atoms with Crippen molar-refractivity contribution in [3.63, 3.8) is 0 Å². The fourth-order valence-corrected chi connectivity index (χ4v) is 2.91.